The first-order valence-corrected chi connectivity index (χ1v) is 16.2. The lowest BCUT2D eigenvalue weighted by atomic mass is 9.72. The summed E-state index contributed by atoms with van der Waals surface area (Å²) in [5.41, 5.74) is 3.31. The van der Waals surface area contributed by atoms with Gasteiger partial charge in [0.05, 0.1) is 25.3 Å². The molecule has 0 amide bonds. The van der Waals surface area contributed by atoms with Crippen LogP contribution in [0.4, 0.5) is 0 Å². The van der Waals surface area contributed by atoms with Gasteiger partial charge in [0, 0.05) is 24.8 Å². The topological polar surface area (TPSA) is 71.3 Å². The van der Waals surface area contributed by atoms with Crippen molar-refractivity contribution in [3.8, 4) is 0 Å². The van der Waals surface area contributed by atoms with E-state index < -0.39 is 6.69 Å². The van der Waals surface area contributed by atoms with E-state index in [1.165, 1.54) is 18.3 Å². The molecular weight excluding hydrogens is 634 g/mol. The first kappa shape index (κ1) is 29.6. The first-order chi connectivity index (χ1) is 20.1. The molecule has 0 saturated heterocycles. The molecule has 216 valence electrons. The van der Waals surface area contributed by atoms with Crippen LogP contribution in [0, 0.1) is 7.14 Å². The molecule has 10 heteroatoms. The maximum Gasteiger partial charge on any atom is 0.405 e. The van der Waals surface area contributed by atoms with Gasteiger partial charge in [0.25, 0.3) is 0 Å². The molecule has 4 heterocycles. The van der Waals surface area contributed by atoms with Gasteiger partial charge in [0.2, 0.25) is 0 Å². The molecule has 0 atom stereocenters. The van der Waals surface area contributed by atoms with Crippen molar-refractivity contribution in [2.24, 2.45) is 0 Å². The van der Waals surface area contributed by atoms with E-state index in [0.29, 0.717) is 0 Å². The average Bonchev–Trinajstić information content (AvgIpc) is 3.78. The molecule has 2 aromatic carbocycles. The molecule has 0 aliphatic heterocycles. The molecule has 0 bridgehead atoms. The fourth-order valence-corrected chi connectivity index (χ4v) is 7.13. The Morgan fingerprint density at radius 2 is 0.762 bits per heavy atom. The van der Waals surface area contributed by atoms with Gasteiger partial charge in [-0.3, -0.25) is 0 Å². The Labute approximate surface area is 258 Å². The molecule has 0 N–H and O–H groups in total. The summed E-state index contributed by atoms with van der Waals surface area (Å²) >= 11 is -0.0703. The van der Waals surface area contributed by atoms with Crippen molar-refractivity contribution < 1.29 is 21.2 Å². The van der Waals surface area contributed by atoms with Crippen LogP contribution in [0.15, 0.2) is 123 Å². The highest BCUT2D eigenvalue weighted by Crippen LogP contribution is 2.22. The first-order valence-electron chi connectivity index (χ1n) is 14.0. The summed E-state index contributed by atoms with van der Waals surface area (Å²) in [6, 6.07) is 18.4. The lowest BCUT2D eigenvalue weighted by Gasteiger charge is -2.45. The van der Waals surface area contributed by atoms with Crippen molar-refractivity contribution in [3.05, 3.63) is 142 Å². The maximum absolute atomic E-state index is 4.20. The monoisotopic (exact) mass is 672 g/mol. The lowest BCUT2D eigenvalue weighted by Crippen LogP contribution is -3.61. The Morgan fingerprint density at radius 1 is 0.476 bits per heavy atom. The molecule has 0 aliphatic rings. The standard InChI is InChI=1S/C20H26I.C12H12BN8/c1-19(2,3)15-7-11-17(12-8-15)21-18-13-9-16(10-14-18)20(4,5)6;1-5-18(9-14-1)13(19-6-2-15-10-19,20-7-3-16-11-20)21-8-4-17-12-21/h7-14H,1-6H3;1-12H/q+1;-1. The highest BCUT2D eigenvalue weighted by Gasteiger charge is 2.34. The van der Waals surface area contributed by atoms with E-state index in [4.69, 9.17) is 0 Å². The van der Waals surface area contributed by atoms with Crippen molar-refractivity contribution in [2.45, 2.75) is 52.4 Å². The van der Waals surface area contributed by atoms with Gasteiger partial charge < -0.3 is 17.9 Å². The largest absolute Gasteiger partial charge is 0.455 e. The molecule has 6 rings (SSSR count). The average molecular weight is 672 g/mol. The molecule has 0 aliphatic carbocycles. The van der Waals surface area contributed by atoms with Crippen LogP contribution in [0.1, 0.15) is 52.7 Å². The predicted molar refractivity (Wildman–Crippen MR) is 164 cm³/mol. The van der Waals surface area contributed by atoms with E-state index in [1.54, 1.807) is 50.1 Å². The zero-order chi connectivity index (χ0) is 29.8. The van der Waals surface area contributed by atoms with E-state index in [2.05, 4.69) is 110 Å². The van der Waals surface area contributed by atoms with Crippen LogP contribution in [0.3, 0.4) is 0 Å². The highest BCUT2D eigenvalue weighted by atomic mass is 127. The number of rotatable bonds is 6. The molecule has 6 aromatic rings. The van der Waals surface area contributed by atoms with Gasteiger partial charge in [-0.1, -0.05) is 65.8 Å². The lowest BCUT2D eigenvalue weighted by molar-refractivity contribution is -0.597. The predicted octanol–water partition coefficient (Wildman–Crippen LogP) is 2.81. The molecule has 0 saturated carbocycles. The third kappa shape index (κ3) is 6.28. The fourth-order valence-electron chi connectivity index (χ4n) is 4.97. The number of imidazole rings is 4. The van der Waals surface area contributed by atoms with Gasteiger partial charge in [-0.15, -0.1) is 0 Å². The van der Waals surface area contributed by atoms with Crippen molar-refractivity contribution >= 4 is 6.69 Å². The Morgan fingerprint density at radius 3 is 0.976 bits per heavy atom. The molecule has 0 unspecified atom stereocenters. The van der Waals surface area contributed by atoms with Gasteiger partial charge in [0.1, 0.15) is 0 Å². The molecule has 8 nitrogen and oxygen atoms in total. The number of aromatic nitrogens is 8. The molecular formula is C32H38BIN8. The SMILES string of the molecule is CC(C)(C)c1ccc([I+]c2ccc(C(C)(C)C)cc2)cc1.c1cn([B-](n2ccnc2)(n2ccnc2)n2ccnc2)cn1. The van der Waals surface area contributed by atoms with E-state index in [9.17, 15) is 0 Å². The minimum absolute atomic E-state index is 0.0703. The van der Waals surface area contributed by atoms with Crippen molar-refractivity contribution in [1.82, 2.24) is 37.8 Å². The minimum atomic E-state index is -1.64. The second-order valence-electron chi connectivity index (χ2n) is 12.3. The van der Waals surface area contributed by atoms with Crippen molar-refractivity contribution in [3.63, 3.8) is 0 Å². The van der Waals surface area contributed by atoms with Crippen molar-refractivity contribution in [2.75, 3.05) is 0 Å². The van der Waals surface area contributed by atoms with Crippen LogP contribution in [0.2, 0.25) is 0 Å². The molecule has 42 heavy (non-hydrogen) atoms. The molecule has 0 spiro atoms. The third-order valence-corrected chi connectivity index (χ3v) is 10.0. The second-order valence-corrected chi connectivity index (χ2v) is 15.4. The highest BCUT2D eigenvalue weighted by molar-refractivity contribution is 6.73. The number of halogens is 1. The number of nitrogens with zero attached hydrogens (tertiary/aromatic N) is 8. The zero-order valence-electron chi connectivity index (χ0n) is 25.1. The minimum Gasteiger partial charge on any atom is -0.455 e. The maximum atomic E-state index is 4.20. The second kappa shape index (κ2) is 12.1. The molecule has 0 fully saturated rings. The summed E-state index contributed by atoms with van der Waals surface area (Å²) in [5.74, 6) is 0. The van der Waals surface area contributed by atoms with Crippen LogP contribution in [-0.2, 0) is 10.8 Å². The number of benzene rings is 2. The van der Waals surface area contributed by atoms with E-state index in [0.717, 1.165) is 0 Å². The summed E-state index contributed by atoms with van der Waals surface area (Å²) in [5, 5.41) is 0. The van der Waals surface area contributed by atoms with Crippen LogP contribution in [0.5, 0.6) is 0 Å². The Hall–Kier alpha value is -3.93. The van der Waals surface area contributed by atoms with E-state index in [1.807, 2.05) is 42.7 Å². The molecule has 4 aromatic heterocycles. The Kier molecular flexibility index (Phi) is 8.54. The third-order valence-electron chi connectivity index (χ3n) is 7.34. The normalized spacial score (nSPS) is 12.1. The smallest absolute Gasteiger partial charge is 0.405 e. The van der Waals surface area contributed by atoms with Gasteiger partial charge in [-0.2, -0.15) is 0 Å². The van der Waals surface area contributed by atoms with Gasteiger partial charge in [-0.05, 0) is 71.0 Å². The van der Waals surface area contributed by atoms with E-state index in [-0.39, 0.29) is 32.0 Å². The van der Waals surface area contributed by atoms with Crippen molar-refractivity contribution in [1.29, 1.82) is 0 Å². The summed E-state index contributed by atoms with van der Waals surface area (Å²) < 4.78 is 11.1. The fraction of sp³-hybridized carbons (Fsp3) is 0.250. The van der Waals surface area contributed by atoms with Crippen LogP contribution < -0.4 is 21.2 Å². The Balaban J connectivity index is 0.000000168. The van der Waals surface area contributed by atoms with Gasteiger partial charge in [0.15, 0.2) is 7.14 Å². The zero-order valence-corrected chi connectivity index (χ0v) is 27.2. The van der Waals surface area contributed by atoms with E-state index >= 15 is 0 Å². The van der Waals surface area contributed by atoms with Gasteiger partial charge >= 0.3 is 27.9 Å². The summed E-state index contributed by atoms with van der Waals surface area (Å²) in [6.45, 7) is 12.0. The summed E-state index contributed by atoms with van der Waals surface area (Å²) in [7, 11) is 0. The quantitative estimate of drug-likeness (QED) is 0.202. The summed E-state index contributed by atoms with van der Waals surface area (Å²) in [4.78, 5) is 16.8. The molecule has 0 radical (unpaired) electrons. The number of hydrogen-bond donors (Lipinski definition) is 0. The van der Waals surface area contributed by atoms with Crippen LogP contribution in [-0.4, -0.2) is 44.5 Å². The van der Waals surface area contributed by atoms with Crippen LogP contribution in [0.25, 0.3) is 0 Å². The number of hydrogen-bond acceptors (Lipinski definition) is 4. The van der Waals surface area contributed by atoms with Crippen LogP contribution >= 0.6 is 0 Å². The Bertz CT molecular complexity index is 1430. The van der Waals surface area contributed by atoms with Gasteiger partial charge in [-0.25, -0.2) is 19.9 Å². The summed E-state index contributed by atoms with van der Waals surface area (Å²) in [6.07, 6.45) is 21.8.